The number of hydrogen-bond donors (Lipinski definition) is 0. The van der Waals surface area contributed by atoms with Gasteiger partial charge in [-0.2, -0.15) is 4.99 Å². The molecule has 0 radical (unpaired) electrons. The second kappa shape index (κ2) is 8.92. The third kappa shape index (κ3) is 4.88. The zero-order valence-electron chi connectivity index (χ0n) is 17.4. The molecule has 2 heterocycles. The van der Waals surface area contributed by atoms with E-state index in [1.54, 1.807) is 26.4 Å². The predicted octanol–water partition coefficient (Wildman–Crippen LogP) is 2.54. The fourth-order valence-corrected chi connectivity index (χ4v) is 7.88. The van der Waals surface area contributed by atoms with Crippen LogP contribution in [0.4, 0.5) is 0 Å². The van der Waals surface area contributed by atoms with E-state index in [4.69, 9.17) is 9.47 Å². The first kappa shape index (κ1) is 21.7. The van der Waals surface area contributed by atoms with E-state index in [-0.39, 0.29) is 35.1 Å². The van der Waals surface area contributed by atoms with E-state index >= 15 is 0 Å². The lowest BCUT2D eigenvalue weighted by Gasteiger charge is -2.24. The van der Waals surface area contributed by atoms with Crippen molar-refractivity contribution in [2.45, 2.75) is 24.3 Å². The van der Waals surface area contributed by atoms with Crippen molar-refractivity contribution in [3.8, 4) is 11.5 Å². The molecule has 2 aromatic rings. The Morgan fingerprint density at radius 2 is 1.81 bits per heavy atom. The van der Waals surface area contributed by atoms with E-state index in [9.17, 15) is 13.2 Å². The van der Waals surface area contributed by atoms with Crippen LogP contribution in [0, 0.1) is 0 Å². The van der Waals surface area contributed by atoms with Gasteiger partial charge in [-0.1, -0.05) is 48.2 Å². The number of amidine groups is 1. The van der Waals surface area contributed by atoms with Crippen molar-refractivity contribution in [3.05, 3.63) is 59.7 Å². The molecule has 0 N–H and O–H groups in total. The number of hydrogen-bond acceptors (Lipinski definition) is 6. The summed E-state index contributed by atoms with van der Waals surface area (Å²) in [6, 6.07) is 15.0. The van der Waals surface area contributed by atoms with Crippen molar-refractivity contribution >= 4 is 32.7 Å². The fraction of sp³-hybridized carbons (Fsp3) is 0.364. The molecule has 0 aromatic heterocycles. The van der Waals surface area contributed by atoms with Gasteiger partial charge in [-0.15, -0.1) is 0 Å². The number of nitrogens with zero attached hydrogens (tertiary/aromatic N) is 2. The number of sulfone groups is 1. The zero-order valence-corrected chi connectivity index (χ0v) is 19.0. The molecule has 2 aliphatic heterocycles. The van der Waals surface area contributed by atoms with Crippen LogP contribution in [0.2, 0.25) is 0 Å². The van der Waals surface area contributed by atoms with Crippen LogP contribution in [-0.4, -0.2) is 61.4 Å². The van der Waals surface area contributed by atoms with Gasteiger partial charge in [-0.25, -0.2) is 8.42 Å². The lowest BCUT2D eigenvalue weighted by Crippen LogP contribution is -2.37. The van der Waals surface area contributed by atoms with Crippen LogP contribution >= 0.6 is 11.8 Å². The number of ether oxygens (including phenoxy) is 2. The number of carbonyl (C=O) groups is 1. The minimum absolute atomic E-state index is 0.0960. The molecule has 2 atom stereocenters. The van der Waals surface area contributed by atoms with Crippen LogP contribution in [0.3, 0.4) is 0 Å². The highest BCUT2D eigenvalue weighted by molar-refractivity contribution is 8.15. The molecule has 9 heteroatoms. The van der Waals surface area contributed by atoms with Crippen LogP contribution in [0.15, 0.2) is 53.5 Å². The number of amides is 1. The molecule has 2 fully saturated rings. The highest BCUT2D eigenvalue weighted by Crippen LogP contribution is 2.39. The maximum atomic E-state index is 12.7. The summed E-state index contributed by atoms with van der Waals surface area (Å²) in [5.41, 5.74) is 1.82. The van der Waals surface area contributed by atoms with E-state index in [2.05, 4.69) is 4.99 Å². The lowest BCUT2D eigenvalue weighted by molar-refractivity contribution is -0.117. The van der Waals surface area contributed by atoms with Crippen LogP contribution in [0.25, 0.3) is 0 Å². The highest BCUT2D eigenvalue weighted by atomic mass is 32.2. The zero-order chi connectivity index (χ0) is 22.0. The van der Waals surface area contributed by atoms with Gasteiger partial charge in [0, 0.05) is 11.8 Å². The molecule has 1 amide bonds. The second-order valence-electron chi connectivity index (χ2n) is 7.57. The molecule has 7 nitrogen and oxygen atoms in total. The maximum absolute atomic E-state index is 12.7. The van der Waals surface area contributed by atoms with Crippen LogP contribution in [0.1, 0.15) is 11.1 Å². The predicted molar refractivity (Wildman–Crippen MR) is 121 cm³/mol. The highest BCUT2D eigenvalue weighted by Gasteiger charge is 2.48. The molecule has 0 unspecified atom stereocenters. The summed E-state index contributed by atoms with van der Waals surface area (Å²) in [5, 5.41) is 0.501. The number of fused-ring (bicyclic) bond motifs is 1. The molecule has 4 rings (SSSR count). The Bertz CT molecular complexity index is 1100. The summed E-state index contributed by atoms with van der Waals surface area (Å²) in [7, 11) is 0.0349. The minimum Gasteiger partial charge on any atom is -0.493 e. The van der Waals surface area contributed by atoms with Crippen LogP contribution in [0.5, 0.6) is 11.5 Å². The smallest absolute Gasteiger partial charge is 0.252 e. The normalized spacial score (nSPS) is 23.0. The summed E-state index contributed by atoms with van der Waals surface area (Å²) < 4.78 is 34.9. The van der Waals surface area contributed by atoms with Crippen molar-refractivity contribution in [1.29, 1.82) is 0 Å². The van der Waals surface area contributed by atoms with Crippen molar-refractivity contribution in [1.82, 2.24) is 4.90 Å². The first-order valence-electron chi connectivity index (χ1n) is 9.88. The van der Waals surface area contributed by atoms with Gasteiger partial charge < -0.3 is 14.4 Å². The Hall–Kier alpha value is -2.52. The SMILES string of the molecule is COc1ccc(CC(=O)N=C2S[C@@H]3CS(=O)(=O)C[C@@H]3N2Cc2ccccc2)cc1OC. The first-order valence-corrected chi connectivity index (χ1v) is 12.6. The van der Waals surface area contributed by atoms with E-state index in [1.165, 1.54) is 11.8 Å². The topological polar surface area (TPSA) is 85.3 Å². The lowest BCUT2D eigenvalue weighted by atomic mass is 10.1. The van der Waals surface area contributed by atoms with Gasteiger partial charge in [0.05, 0.1) is 38.2 Å². The molecule has 164 valence electrons. The summed E-state index contributed by atoms with van der Waals surface area (Å²) in [5.74, 6) is 1.09. The summed E-state index contributed by atoms with van der Waals surface area (Å²) in [6.07, 6.45) is 0.122. The number of benzene rings is 2. The largest absolute Gasteiger partial charge is 0.493 e. The summed E-state index contributed by atoms with van der Waals surface area (Å²) in [4.78, 5) is 19.1. The number of carbonyl (C=O) groups excluding carboxylic acids is 1. The number of rotatable bonds is 6. The average Bonchev–Trinajstić information content (AvgIpc) is 3.20. The van der Waals surface area contributed by atoms with Gasteiger partial charge in [0.2, 0.25) is 0 Å². The summed E-state index contributed by atoms with van der Waals surface area (Å²) in [6.45, 7) is 0.521. The molecule has 0 aliphatic carbocycles. The van der Waals surface area contributed by atoms with Crippen molar-refractivity contribution in [2.24, 2.45) is 4.99 Å². The molecular weight excluding hydrogens is 436 g/mol. The van der Waals surface area contributed by atoms with Gasteiger partial charge in [0.25, 0.3) is 5.91 Å². The Kier molecular flexibility index (Phi) is 6.24. The standard InChI is InChI=1S/C22H24N2O5S2/c1-28-18-9-8-16(10-19(18)29-2)11-21(25)23-22-24(12-15-6-4-3-5-7-15)17-13-31(26,27)14-20(17)30-22/h3-10,17,20H,11-14H2,1-2H3/t17-,20+/m0/s1. The fourth-order valence-electron chi connectivity index (χ4n) is 3.91. The quantitative estimate of drug-likeness (QED) is 0.655. The molecule has 2 saturated heterocycles. The maximum Gasteiger partial charge on any atom is 0.252 e. The van der Waals surface area contributed by atoms with E-state index in [0.29, 0.717) is 23.2 Å². The van der Waals surface area contributed by atoms with Gasteiger partial charge in [-0.3, -0.25) is 4.79 Å². The van der Waals surface area contributed by atoms with E-state index in [1.807, 2.05) is 41.3 Å². The minimum atomic E-state index is -3.07. The Morgan fingerprint density at radius 3 is 2.52 bits per heavy atom. The van der Waals surface area contributed by atoms with Gasteiger partial charge in [0.1, 0.15) is 0 Å². The van der Waals surface area contributed by atoms with Gasteiger partial charge in [-0.05, 0) is 23.3 Å². The van der Waals surface area contributed by atoms with Crippen molar-refractivity contribution < 1.29 is 22.7 Å². The van der Waals surface area contributed by atoms with E-state index < -0.39 is 9.84 Å². The molecule has 2 aromatic carbocycles. The molecule has 0 saturated carbocycles. The Labute approximate surface area is 186 Å². The van der Waals surface area contributed by atoms with Crippen molar-refractivity contribution in [3.63, 3.8) is 0 Å². The Morgan fingerprint density at radius 1 is 1.06 bits per heavy atom. The van der Waals surface area contributed by atoms with Crippen LogP contribution < -0.4 is 9.47 Å². The number of methoxy groups -OCH3 is 2. The molecule has 0 spiro atoms. The second-order valence-corrected chi connectivity index (χ2v) is 10.9. The average molecular weight is 461 g/mol. The molecular formula is C22H24N2O5S2. The third-order valence-corrected chi connectivity index (χ3v) is 8.64. The van der Waals surface area contributed by atoms with Crippen molar-refractivity contribution in [2.75, 3.05) is 25.7 Å². The first-order chi connectivity index (χ1) is 14.9. The third-order valence-electron chi connectivity index (χ3n) is 5.39. The Balaban J connectivity index is 1.55. The molecule has 2 aliphatic rings. The summed E-state index contributed by atoms with van der Waals surface area (Å²) >= 11 is 1.39. The molecule has 0 bridgehead atoms. The van der Waals surface area contributed by atoms with Crippen LogP contribution in [-0.2, 0) is 27.6 Å². The van der Waals surface area contributed by atoms with Gasteiger partial charge in [0.15, 0.2) is 26.5 Å². The van der Waals surface area contributed by atoms with Gasteiger partial charge >= 0.3 is 0 Å². The molecule has 31 heavy (non-hydrogen) atoms. The monoisotopic (exact) mass is 460 g/mol. The number of thioether (sulfide) groups is 1. The number of aliphatic imine (C=N–C) groups is 1. The van der Waals surface area contributed by atoms with E-state index in [0.717, 1.165) is 11.1 Å².